The quantitative estimate of drug-likeness (QED) is 0.785. The summed E-state index contributed by atoms with van der Waals surface area (Å²) in [5.41, 5.74) is 5.61. The summed E-state index contributed by atoms with van der Waals surface area (Å²) < 4.78 is 0. The van der Waals surface area contributed by atoms with Crippen molar-refractivity contribution in [3.05, 3.63) is 35.9 Å². The standard InChI is InChI=1S/C12H16N2OS/c1-3-12(2,11(13)16)14-10(15)9-7-5-4-6-8-9/h4-8H,3H2,1-2H3,(H2,13,16)(H,14,15). The Morgan fingerprint density at radius 2 is 2.00 bits per heavy atom. The van der Waals surface area contributed by atoms with Gasteiger partial charge in [-0.25, -0.2) is 0 Å². The van der Waals surface area contributed by atoms with E-state index >= 15 is 0 Å². The average Bonchev–Trinajstić information content (AvgIpc) is 2.29. The van der Waals surface area contributed by atoms with Crippen molar-refractivity contribution in [2.45, 2.75) is 25.8 Å². The van der Waals surface area contributed by atoms with Crippen molar-refractivity contribution >= 4 is 23.1 Å². The van der Waals surface area contributed by atoms with Crippen LogP contribution in [-0.4, -0.2) is 16.4 Å². The summed E-state index contributed by atoms with van der Waals surface area (Å²) >= 11 is 4.96. The SMILES string of the molecule is CCC(C)(NC(=O)c1ccccc1)C(N)=S. The number of hydrogen-bond acceptors (Lipinski definition) is 2. The number of carbonyl (C=O) groups is 1. The van der Waals surface area contributed by atoms with Gasteiger partial charge in [-0.15, -0.1) is 0 Å². The van der Waals surface area contributed by atoms with Gasteiger partial charge in [-0.3, -0.25) is 4.79 Å². The zero-order valence-corrected chi connectivity index (χ0v) is 10.3. The van der Waals surface area contributed by atoms with Gasteiger partial charge in [0, 0.05) is 5.56 Å². The van der Waals surface area contributed by atoms with Gasteiger partial charge in [-0.05, 0) is 25.5 Å². The number of carbonyl (C=O) groups excluding carboxylic acids is 1. The van der Waals surface area contributed by atoms with Crippen molar-refractivity contribution in [3.63, 3.8) is 0 Å². The summed E-state index contributed by atoms with van der Waals surface area (Å²) in [6, 6.07) is 9.01. The highest BCUT2D eigenvalue weighted by Gasteiger charge is 2.27. The van der Waals surface area contributed by atoms with Crippen molar-refractivity contribution in [2.24, 2.45) is 5.73 Å². The lowest BCUT2D eigenvalue weighted by atomic mass is 9.98. The maximum Gasteiger partial charge on any atom is 0.252 e. The molecular weight excluding hydrogens is 220 g/mol. The summed E-state index contributed by atoms with van der Waals surface area (Å²) in [5.74, 6) is -0.155. The predicted octanol–water partition coefficient (Wildman–Crippen LogP) is 1.87. The fourth-order valence-electron chi connectivity index (χ4n) is 1.24. The molecule has 0 saturated carbocycles. The van der Waals surface area contributed by atoms with Crippen molar-refractivity contribution < 1.29 is 4.79 Å². The molecule has 3 N–H and O–H groups in total. The molecule has 0 aliphatic heterocycles. The molecule has 1 atom stereocenters. The molecule has 0 radical (unpaired) electrons. The molecule has 1 rings (SSSR count). The van der Waals surface area contributed by atoms with Crippen LogP contribution in [0, 0.1) is 0 Å². The van der Waals surface area contributed by atoms with Gasteiger partial charge in [-0.2, -0.15) is 0 Å². The van der Waals surface area contributed by atoms with Gasteiger partial charge in [0.2, 0.25) is 0 Å². The highest BCUT2D eigenvalue weighted by atomic mass is 32.1. The molecule has 4 heteroatoms. The molecule has 1 aromatic carbocycles. The molecule has 0 aliphatic carbocycles. The minimum Gasteiger partial charge on any atom is -0.391 e. The van der Waals surface area contributed by atoms with E-state index in [9.17, 15) is 4.79 Å². The van der Waals surface area contributed by atoms with Gasteiger partial charge >= 0.3 is 0 Å². The second-order valence-electron chi connectivity index (χ2n) is 3.87. The van der Waals surface area contributed by atoms with Crippen LogP contribution >= 0.6 is 12.2 Å². The Bertz CT molecular complexity index is 391. The summed E-state index contributed by atoms with van der Waals surface area (Å²) in [6.07, 6.45) is 0.668. The molecule has 0 spiro atoms. The molecular formula is C12H16N2OS. The monoisotopic (exact) mass is 236 g/mol. The van der Waals surface area contributed by atoms with Crippen LogP contribution in [0.1, 0.15) is 30.6 Å². The van der Waals surface area contributed by atoms with Crippen LogP contribution in [0.5, 0.6) is 0 Å². The van der Waals surface area contributed by atoms with Crippen LogP contribution in [0.25, 0.3) is 0 Å². The fourth-order valence-corrected chi connectivity index (χ4v) is 1.43. The Morgan fingerprint density at radius 1 is 1.44 bits per heavy atom. The van der Waals surface area contributed by atoms with Gasteiger partial charge in [0.15, 0.2) is 0 Å². The minimum atomic E-state index is -0.623. The van der Waals surface area contributed by atoms with E-state index in [1.54, 1.807) is 12.1 Å². The van der Waals surface area contributed by atoms with E-state index in [0.29, 0.717) is 17.0 Å². The molecule has 86 valence electrons. The lowest BCUT2D eigenvalue weighted by molar-refractivity contribution is 0.0926. The maximum absolute atomic E-state index is 11.9. The van der Waals surface area contributed by atoms with Gasteiger partial charge in [-0.1, -0.05) is 37.3 Å². The van der Waals surface area contributed by atoms with E-state index in [1.807, 2.05) is 32.0 Å². The molecule has 16 heavy (non-hydrogen) atoms. The minimum absolute atomic E-state index is 0.155. The van der Waals surface area contributed by atoms with Gasteiger partial charge < -0.3 is 11.1 Å². The molecule has 1 unspecified atom stereocenters. The first-order valence-electron chi connectivity index (χ1n) is 5.17. The van der Waals surface area contributed by atoms with Crippen LogP contribution in [0.2, 0.25) is 0 Å². The topological polar surface area (TPSA) is 55.1 Å². The van der Waals surface area contributed by atoms with Crippen LogP contribution in [-0.2, 0) is 0 Å². The molecule has 0 fully saturated rings. The Hall–Kier alpha value is -1.42. The Balaban J connectivity index is 2.82. The summed E-state index contributed by atoms with van der Waals surface area (Å²) in [5, 5.41) is 2.85. The highest BCUT2D eigenvalue weighted by molar-refractivity contribution is 7.80. The maximum atomic E-state index is 11.9. The lowest BCUT2D eigenvalue weighted by Crippen LogP contribution is -2.54. The van der Waals surface area contributed by atoms with E-state index < -0.39 is 5.54 Å². The molecule has 0 aromatic heterocycles. The second-order valence-corrected chi connectivity index (χ2v) is 4.31. The number of nitrogens with two attached hydrogens (primary N) is 1. The summed E-state index contributed by atoms with van der Waals surface area (Å²) in [6.45, 7) is 3.76. The Kier molecular flexibility index (Phi) is 4.01. The van der Waals surface area contributed by atoms with Crippen LogP contribution < -0.4 is 11.1 Å². The largest absolute Gasteiger partial charge is 0.391 e. The molecule has 0 aliphatic rings. The number of nitrogens with one attached hydrogen (secondary N) is 1. The third-order valence-corrected chi connectivity index (χ3v) is 3.13. The number of thiocarbonyl (C=S) groups is 1. The first-order chi connectivity index (χ1) is 7.49. The number of rotatable bonds is 4. The van der Waals surface area contributed by atoms with Crippen molar-refractivity contribution in [3.8, 4) is 0 Å². The zero-order chi connectivity index (χ0) is 12.2. The van der Waals surface area contributed by atoms with Crippen LogP contribution in [0.4, 0.5) is 0 Å². The average molecular weight is 236 g/mol. The van der Waals surface area contributed by atoms with E-state index in [2.05, 4.69) is 5.32 Å². The number of benzene rings is 1. The predicted molar refractivity (Wildman–Crippen MR) is 69.4 cm³/mol. The Morgan fingerprint density at radius 3 is 2.44 bits per heavy atom. The third kappa shape index (κ3) is 2.79. The smallest absolute Gasteiger partial charge is 0.252 e. The van der Waals surface area contributed by atoms with Crippen molar-refractivity contribution in [2.75, 3.05) is 0 Å². The van der Waals surface area contributed by atoms with Gasteiger partial charge in [0.1, 0.15) is 0 Å². The van der Waals surface area contributed by atoms with E-state index in [0.717, 1.165) is 0 Å². The van der Waals surface area contributed by atoms with Crippen molar-refractivity contribution in [1.82, 2.24) is 5.32 Å². The molecule has 3 nitrogen and oxygen atoms in total. The number of hydrogen-bond donors (Lipinski definition) is 2. The lowest BCUT2D eigenvalue weighted by Gasteiger charge is -2.28. The van der Waals surface area contributed by atoms with Crippen molar-refractivity contribution in [1.29, 1.82) is 0 Å². The van der Waals surface area contributed by atoms with Crippen LogP contribution in [0.15, 0.2) is 30.3 Å². The Labute approximate surface area is 101 Å². The van der Waals surface area contributed by atoms with E-state index in [-0.39, 0.29) is 5.91 Å². The number of amides is 1. The van der Waals surface area contributed by atoms with Gasteiger partial charge in [0.05, 0.1) is 10.5 Å². The molecule has 0 saturated heterocycles. The van der Waals surface area contributed by atoms with Crippen LogP contribution in [0.3, 0.4) is 0 Å². The molecule has 0 bridgehead atoms. The summed E-state index contributed by atoms with van der Waals surface area (Å²) in [4.78, 5) is 12.2. The molecule has 1 aromatic rings. The molecule has 1 amide bonds. The second kappa shape index (κ2) is 5.07. The van der Waals surface area contributed by atoms with E-state index in [4.69, 9.17) is 18.0 Å². The normalized spacial score (nSPS) is 13.9. The first kappa shape index (κ1) is 12.6. The first-order valence-corrected chi connectivity index (χ1v) is 5.58. The highest BCUT2D eigenvalue weighted by Crippen LogP contribution is 2.11. The third-order valence-electron chi connectivity index (χ3n) is 2.68. The molecule has 0 heterocycles. The van der Waals surface area contributed by atoms with E-state index in [1.165, 1.54) is 0 Å². The zero-order valence-electron chi connectivity index (χ0n) is 9.49. The van der Waals surface area contributed by atoms with Gasteiger partial charge in [0.25, 0.3) is 5.91 Å². The summed E-state index contributed by atoms with van der Waals surface area (Å²) in [7, 11) is 0. The fraction of sp³-hybridized carbons (Fsp3) is 0.333.